The molecule has 3 aromatic carbocycles. The first-order chi connectivity index (χ1) is 15.4. The van der Waals surface area contributed by atoms with E-state index < -0.39 is 5.97 Å². The summed E-state index contributed by atoms with van der Waals surface area (Å²) < 4.78 is 0. The van der Waals surface area contributed by atoms with E-state index in [1.807, 2.05) is 80.5 Å². The van der Waals surface area contributed by atoms with Gasteiger partial charge in [-0.25, -0.2) is 9.79 Å². The first-order valence-electron chi connectivity index (χ1n) is 9.97. The molecule has 0 aliphatic heterocycles. The van der Waals surface area contributed by atoms with Crippen LogP contribution in [0, 0.1) is 6.92 Å². The lowest BCUT2D eigenvalue weighted by Crippen LogP contribution is -2.18. The summed E-state index contributed by atoms with van der Waals surface area (Å²) in [6, 6.07) is 22.3. The van der Waals surface area contributed by atoms with Crippen molar-refractivity contribution < 1.29 is 14.7 Å². The SMILES string of the molecule is Cc1ccc(N=C(S/C(C=O)=C\c2cccc(-c3cccc(C(=O)O)c3)c2)N(C)C)cc1. The van der Waals surface area contributed by atoms with Gasteiger partial charge in [0, 0.05) is 14.1 Å². The fraction of sp³-hybridized carbons (Fsp3) is 0.115. The van der Waals surface area contributed by atoms with E-state index in [4.69, 9.17) is 0 Å². The number of carboxylic acid groups (broad SMARTS) is 1. The van der Waals surface area contributed by atoms with Crippen LogP contribution in [0.15, 0.2) is 82.7 Å². The average Bonchev–Trinajstić information content (AvgIpc) is 2.79. The van der Waals surface area contributed by atoms with Crippen LogP contribution in [0.5, 0.6) is 0 Å². The summed E-state index contributed by atoms with van der Waals surface area (Å²) >= 11 is 1.29. The zero-order chi connectivity index (χ0) is 23.1. The number of amidine groups is 1. The number of carbonyl (C=O) groups is 2. The molecule has 162 valence electrons. The van der Waals surface area contributed by atoms with Gasteiger partial charge in [0.1, 0.15) is 0 Å². The first kappa shape index (κ1) is 23.0. The maximum atomic E-state index is 11.8. The molecule has 0 spiro atoms. The lowest BCUT2D eigenvalue weighted by Gasteiger charge is -2.15. The molecule has 1 N–H and O–H groups in total. The molecule has 5 nitrogen and oxygen atoms in total. The Kier molecular flexibility index (Phi) is 7.63. The molecule has 0 aliphatic carbocycles. The Bertz CT molecular complexity index is 1180. The van der Waals surface area contributed by atoms with E-state index in [2.05, 4.69) is 4.99 Å². The van der Waals surface area contributed by atoms with Crippen molar-refractivity contribution in [3.05, 3.63) is 94.4 Å². The molecule has 3 aromatic rings. The predicted molar refractivity (Wildman–Crippen MR) is 132 cm³/mol. The molecule has 6 heteroatoms. The Morgan fingerprint density at radius 3 is 2.25 bits per heavy atom. The van der Waals surface area contributed by atoms with Crippen LogP contribution in [0.2, 0.25) is 0 Å². The fourth-order valence-electron chi connectivity index (χ4n) is 2.94. The van der Waals surface area contributed by atoms with E-state index in [1.54, 1.807) is 24.3 Å². The number of benzene rings is 3. The van der Waals surface area contributed by atoms with Crippen LogP contribution in [0.4, 0.5) is 5.69 Å². The Hall–Kier alpha value is -3.64. The second-order valence-corrected chi connectivity index (χ2v) is 8.44. The third-order valence-corrected chi connectivity index (χ3v) is 5.69. The second-order valence-electron chi connectivity index (χ2n) is 7.40. The summed E-state index contributed by atoms with van der Waals surface area (Å²) in [4.78, 5) is 30.1. The van der Waals surface area contributed by atoms with Crippen molar-refractivity contribution in [3.8, 4) is 11.1 Å². The highest BCUT2D eigenvalue weighted by molar-refractivity contribution is 8.17. The van der Waals surface area contributed by atoms with Crippen molar-refractivity contribution >= 4 is 40.9 Å². The molecule has 0 bridgehead atoms. The van der Waals surface area contributed by atoms with Gasteiger partial charge in [0.15, 0.2) is 11.5 Å². The third kappa shape index (κ3) is 6.18. The van der Waals surface area contributed by atoms with Gasteiger partial charge in [-0.1, -0.05) is 48.0 Å². The van der Waals surface area contributed by atoms with Crippen LogP contribution in [-0.2, 0) is 4.79 Å². The zero-order valence-electron chi connectivity index (χ0n) is 18.1. The van der Waals surface area contributed by atoms with Gasteiger partial charge in [0.2, 0.25) is 0 Å². The van der Waals surface area contributed by atoms with Crippen molar-refractivity contribution in [1.82, 2.24) is 4.90 Å². The molecule has 0 aromatic heterocycles. The maximum Gasteiger partial charge on any atom is 0.335 e. The summed E-state index contributed by atoms with van der Waals surface area (Å²) in [6.07, 6.45) is 2.62. The van der Waals surface area contributed by atoms with Crippen LogP contribution < -0.4 is 0 Å². The molecule has 0 aliphatic rings. The minimum Gasteiger partial charge on any atom is -0.478 e. The largest absolute Gasteiger partial charge is 0.478 e. The summed E-state index contributed by atoms with van der Waals surface area (Å²) in [5.41, 5.74) is 4.72. The van der Waals surface area contributed by atoms with Crippen molar-refractivity contribution in [3.63, 3.8) is 0 Å². The van der Waals surface area contributed by atoms with Crippen LogP contribution in [0.3, 0.4) is 0 Å². The van der Waals surface area contributed by atoms with Gasteiger partial charge in [-0.15, -0.1) is 0 Å². The van der Waals surface area contributed by atoms with Gasteiger partial charge in [-0.2, -0.15) is 0 Å². The Morgan fingerprint density at radius 1 is 0.969 bits per heavy atom. The van der Waals surface area contributed by atoms with Crippen molar-refractivity contribution in [2.45, 2.75) is 6.92 Å². The standard InChI is InChI=1S/C26H24N2O3S/c1-18-10-12-23(13-11-18)27-26(28(2)3)32-24(17-29)15-19-6-4-7-20(14-19)21-8-5-9-22(16-21)25(30)31/h4-17H,1-3H3,(H,30,31)/b24-15-,27-26?. The van der Waals surface area contributed by atoms with Crippen molar-refractivity contribution in [2.75, 3.05) is 14.1 Å². The van der Waals surface area contributed by atoms with E-state index in [1.165, 1.54) is 11.8 Å². The van der Waals surface area contributed by atoms with Gasteiger partial charge < -0.3 is 10.0 Å². The molecule has 0 saturated carbocycles. The molecule has 0 radical (unpaired) electrons. The molecule has 0 saturated heterocycles. The molecule has 3 rings (SSSR count). The maximum absolute atomic E-state index is 11.8. The van der Waals surface area contributed by atoms with Crippen LogP contribution in [0.1, 0.15) is 21.5 Å². The molecule has 0 unspecified atom stereocenters. The molecular weight excluding hydrogens is 420 g/mol. The number of hydrogen-bond donors (Lipinski definition) is 1. The number of rotatable bonds is 6. The minimum atomic E-state index is -0.966. The molecule has 0 fully saturated rings. The minimum absolute atomic E-state index is 0.232. The topological polar surface area (TPSA) is 70.0 Å². The van der Waals surface area contributed by atoms with Crippen molar-refractivity contribution in [2.24, 2.45) is 4.99 Å². The molecule has 32 heavy (non-hydrogen) atoms. The van der Waals surface area contributed by atoms with Gasteiger partial charge in [0.25, 0.3) is 0 Å². The van der Waals surface area contributed by atoms with E-state index in [-0.39, 0.29) is 5.56 Å². The number of nitrogens with zero attached hydrogens (tertiary/aromatic N) is 2. The highest BCUT2D eigenvalue weighted by Crippen LogP contribution is 2.26. The smallest absolute Gasteiger partial charge is 0.335 e. The normalized spacial score (nSPS) is 11.8. The van der Waals surface area contributed by atoms with Crippen LogP contribution >= 0.6 is 11.8 Å². The van der Waals surface area contributed by atoms with Gasteiger partial charge in [-0.3, -0.25) is 4.79 Å². The number of aryl methyl sites for hydroxylation is 1. The molecule has 0 amide bonds. The summed E-state index contributed by atoms with van der Waals surface area (Å²) in [5.74, 6) is -0.966. The predicted octanol–water partition coefficient (Wildman–Crippen LogP) is 5.88. The van der Waals surface area contributed by atoms with E-state index >= 15 is 0 Å². The van der Waals surface area contributed by atoms with Gasteiger partial charge >= 0.3 is 5.97 Å². The highest BCUT2D eigenvalue weighted by atomic mass is 32.2. The number of aldehydes is 1. The number of aromatic carboxylic acids is 1. The molecule has 0 heterocycles. The summed E-state index contributed by atoms with van der Waals surface area (Å²) in [7, 11) is 3.77. The third-order valence-electron chi connectivity index (χ3n) is 4.60. The van der Waals surface area contributed by atoms with E-state index in [0.29, 0.717) is 10.1 Å². The van der Waals surface area contributed by atoms with Gasteiger partial charge in [-0.05, 0) is 71.8 Å². The number of carboxylic acids is 1. The fourth-order valence-corrected chi connectivity index (χ4v) is 3.73. The number of carbonyl (C=O) groups excluding carboxylic acids is 1. The van der Waals surface area contributed by atoms with E-state index in [0.717, 1.165) is 34.2 Å². The van der Waals surface area contributed by atoms with Crippen LogP contribution in [0.25, 0.3) is 17.2 Å². The summed E-state index contributed by atoms with van der Waals surface area (Å²) in [5, 5.41) is 9.94. The first-order valence-corrected chi connectivity index (χ1v) is 10.8. The van der Waals surface area contributed by atoms with Crippen LogP contribution in [-0.4, -0.2) is 41.5 Å². The highest BCUT2D eigenvalue weighted by Gasteiger charge is 2.09. The van der Waals surface area contributed by atoms with Crippen molar-refractivity contribution in [1.29, 1.82) is 0 Å². The quantitative estimate of drug-likeness (QED) is 0.222. The Labute approximate surface area is 192 Å². The van der Waals surface area contributed by atoms with E-state index in [9.17, 15) is 14.7 Å². The molecule has 0 atom stereocenters. The number of hydrogen-bond acceptors (Lipinski definition) is 4. The number of allylic oxidation sites excluding steroid dienone is 1. The lowest BCUT2D eigenvalue weighted by atomic mass is 10.0. The Morgan fingerprint density at radius 2 is 1.62 bits per heavy atom. The lowest BCUT2D eigenvalue weighted by molar-refractivity contribution is -0.104. The molecular formula is C26H24N2O3S. The summed E-state index contributed by atoms with van der Waals surface area (Å²) in [6.45, 7) is 2.02. The average molecular weight is 445 g/mol. The second kappa shape index (κ2) is 10.6. The number of aliphatic imine (C=N–C) groups is 1. The van der Waals surface area contributed by atoms with Gasteiger partial charge in [0.05, 0.1) is 16.2 Å². The zero-order valence-corrected chi connectivity index (χ0v) is 19.0. The monoisotopic (exact) mass is 444 g/mol. The number of thioether (sulfide) groups is 1. The Balaban J connectivity index is 1.89.